The summed E-state index contributed by atoms with van der Waals surface area (Å²) < 4.78 is 0. The monoisotopic (exact) mass is 171 g/mol. The SMILES string of the molecule is NC(=O)C1CCN(C(N)=O)CC1. The van der Waals surface area contributed by atoms with Crippen molar-refractivity contribution in [3.05, 3.63) is 0 Å². The van der Waals surface area contributed by atoms with Crippen LogP contribution in [0.4, 0.5) is 4.79 Å². The van der Waals surface area contributed by atoms with E-state index in [1.54, 1.807) is 0 Å². The van der Waals surface area contributed by atoms with Gasteiger partial charge in [0.1, 0.15) is 0 Å². The minimum absolute atomic E-state index is 0.0828. The fraction of sp³-hybridized carbons (Fsp3) is 0.714. The minimum Gasteiger partial charge on any atom is -0.369 e. The Kier molecular flexibility index (Phi) is 2.52. The second kappa shape index (κ2) is 3.42. The highest BCUT2D eigenvalue weighted by Crippen LogP contribution is 2.15. The number of primary amides is 2. The number of nitrogens with two attached hydrogens (primary N) is 2. The molecular formula is C7H13N3O2. The van der Waals surface area contributed by atoms with Gasteiger partial charge in [-0.25, -0.2) is 4.79 Å². The van der Waals surface area contributed by atoms with E-state index in [2.05, 4.69) is 0 Å². The molecule has 0 spiro atoms. The van der Waals surface area contributed by atoms with Gasteiger partial charge in [-0.15, -0.1) is 0 Å². The lowest BCUT2D eigenvalue weighted by Crippen LogP contribution is -2.44. The van der Waals surface area contributed by atoms with Crippen LogP contribution in [0, 0.1) is 5.92 Å². The van der Waals surface area contributed by atoms with Gasteiger partial charge in [-0.05, 0) is 12.8 Å². The van der Waals surface area contributed by atoms with Crippen molar-refractivity contribution in [1.82, 2.24) is 4.90 Å². The lowest BCUT2D eigenvalue weighted by atomic mass is 9.97. The number of rotatable bonds is 1. The summed E-state index contributed by atoms with van der Waals surface area (Å²) in [5, 5.41) is 0. The zero-order valence-electron chi connectivity index (χ0n) is 6.82. The largest absolute Gasteiger partial charge is 0.369 e. The summed E-state index contributed by atoms with van der Waals surface area (Å²) in [6.45, 7) is 1.09. The Bertz CT molecular complexity index is 175. The maximum Gasteiger partial charge on any atom is 0.314 e. The Balaban J connectivity index is 2.39. The van der Waals surface area contributed by atoms with Crippen molar-refractivity contribution in [3.8, 4) is 0 Å². The van der Waals surface area contributed by atoms with Gasteiger partial charge in [-0.1, -0.05) is 0 Å². The number of carbonyl (C=O) groups excluding carboxylic acids is 2. The van der Waals surface area contributed by atoms with E-state index < -0.39 is 6.03 Å². The molecule has 5 heteroatoms. The van der Waals surface area contributed by atoms with Crippen LogP contribution in [0.5, 0.6) is 0 Å². The zero-order valence-corrected chi connectivity index (χ0v) is 6.82. The van der Waals surface area contributed by atoms with Gasteiger partial charge in [-0.3, -0.25) is 4.79 Å². The molecule has 1 rings (SSSR count). The van der Waals surface area contributed by atoms with Crippen LogP contribution in [-0.2, 0) is 4.79 Å². The zero-order chi connectivity index (χ0) is 9.14. The van der Waals surface area contributed by atoms with E-state index in [0.29, 0.717) is 25.9 Å². The van der Waals surface area contributed by atoms with E-state index >= 15 is 0 Å². The maximum absolute atomic E-state index is 10.7. The highest BCUT2D eigenvalue weighted by molar-refractivity contribution is 5.77. The Morgan fingerprint density at radius 3 is 2.00 bits per heavy atom. The number of amides is 3. The first-order valence-corrected chi connectivity index (χ1v) is 3.95. The second-order valence-electron chi connectivity index (χ2n) is 3.00. The van der Waals surface area contributed by atoms with E-state index in [-0.39, 0.29) is 11.8 Å². The molecule has 68 valence electrons. The summed E-state index contributed by atoms with van der Waals surface area (Å²) in [6.07, 6.45) is 1.27. The summed E-state index contributed by atoms with van der Waals surface area (Å²) in [5.74, 6) is -0.361. The predicted octanol–water partition coefficient (Wildman–Crippen LogP) is -0.738. The first-order valence-electron chi connectivity index (χ1n) is 3.95. The van der Waals surface area contributed by atoms with Crippen LogP contribution in [0.15, 0.2) is 0 Å². The molecule has 0 saturated carbocycles. The van der Waals surface area contributed by atoms with Crippen molar-refractivity contribution in [3.63, 3.8) is 0 Å². The molecule has 3 amide bonds. The number of hydrogen-bond acceptors (Lipinski definition) is 2. The Hall–Kier alpha value is -1.26. The third-order valence-electron chi connectivity index (χ3n) is 2.21. The van der Waals surface area contributed by atoms with Crippen LogP contribution in [-0.4, -0.2) is 29.9 Å². The van der Waals surface area contributed by atoms with Crippen LogP contribution < -0.4 is 11.5 Å². The van der Waals surface area contributed by atoms with Crippen LogP contribution in [0.3, 0.4) is 0 Å². The minimum atomic E-state index is -0.419. The molecule has 0 aromatic heterocycles. The van der Waals surface area contributed by atoms with Gasteiger partial charge in [0.25, 0.3) is 0 Å². The summed E-state index contributed by atoms with van der Waals surface area (Å²) in [7, 11) is 0. The molecule has 0 aromatic rings. The van der Waals surface area contributed by atoms with Gasteiger partial charge in [0.05, 0.1) is 0 Å². The van der Waals surface area contributed by atoms with Gasteiger partial charge in [0, 0.05) is 19.0 Å². The molecule has 1 aliphatic heterocycles. The molecule has 0 radical (unpaired) electrons. The van der Waals surface area contributed by atoms with E-state index in [9.17, 15) is 9.59 Å². The molecule has 1 heterocycles. The summed E-state index contributed by atoms with van der Waals surface area (Å²) >= 11 is 0. The fourth-order valence-corrected chi connectivity index (χ4v) is 1.38. The Morgan fingerprint density at radius 2 is 1.67 bits per heavy atom. The summed E-state index contributed by atoms with van der Waals surface area (Å²) in [4.78, 5) is 22.9. The average Bonchev–Trinajstić information content (AvgIpc) is 2.04. The molecule has 0 aliphatic carbocycles. The van der Waals surface area contributed by atoms with Crippen LogP contribution in [0.25, 0.3) is 0 Å². The number of likely N-dealkylation sites (tertiary alicyclic amines) is 1. The average molecular weight is 171 g/mol. The molecule has 12 heavy (non-hydrogen) atoms. The molecule has 1 fully saturated rings. The lowest BCUT2D eigenvalue weighted by Gasteiger charge is -2.28. The van der Waals surface area contributed by atoms with Crippen molar-refractivity contribution in [2.24, 2.45) is 17.4 Å². The molecule has 0 bridgehead atoms. The summed E-state index contributed by atoms with van der Waals surface area (Å²) in [6, 6.07) is -0.419. The number of hydrogen-bond donors (Lipinski definition) is 2. The number of piperidine rings is 1. The van der Waals surface area contributed by atoms with Crippen LogP contribution in [0.1, 0.15) is 12.8 Å². The normalized spacial score (nSPS) is 19.2. The molecule has 4 N–H and O–H groups in total. The molecule has 1 aliphatic rings. The summed E-state index contributed by atoms with van der Waals surface area (Å²) in [5.41, 5.74) is 10.2. The van der Waals surface area contributed by atoms with Gasteiger partial charge < -0.3 is 16.4 Å². The van der Waals surface area contributed by atoms with E-state index in [0.717, 1.165) is 0 Å². The van der Waals surface area contributed by atoms with E-state index in [1.807, 2.05) is 0 Å². The quantitative estimate of drug-likeness (QED) is 0.544. The molecule has 5 nitrogen and oxygen atoms in total. The van der Waals surface area contributed by atoms with Crippen LogP contribution >= 0.6 is 0 Å². The third-order valence-corrected chi connectivity index (χ3v) is 2.21. The first kappa shape index (κ1) is 8.83. The van der Waals surface area contributed by atoms with Crippen LogP contribution in [0.2, 0.25) is 0 Å². The first-order chi connectivity index (χ1) is 5.61. The van der Waals surface area contributed by atoms with Gasteiger partial charge in [-0.2, -0.15) is 0 Å². The van der Waals surface area contributed by atoms with Crippen molar-refractivity contribution >= 4 is 11.9 Å². The molecule has 0 unspecified atom stereocenters. The smallest absolute Gasteiger partial charge is 0.314 e. The van der Waals surface area contributed by atoms with E-state index in [1.165, 1.54) is 4.90 Å². The molecule has 0 atom stereocenters. The lowest BCUT2D eigenvalue weighted by molar-refractivity contribution is -0.122. The topological polar surface area (TPSA) is 89.4 Å². The number of urea groups is 1. The van der Waals surface area contributed by atoms with Crippen molar-refractivity contribution in [2.45, 2.75) is 12.8 Å². The highest BCUT2D eigenvalue weighted by Gasteiger charge is 2.24. The van der Waals surface area contributed by atoms with Gasteiger partial charge >= 0.3 is 6.03 Å². The number of nitrogens with zero attached hydrogens (tertiary/aromatic N) is 1. The maximum atomic E-state index is 10.7. The number of carbonyl (C=O) groups is 2. The predicted molar refractivity (Wildman–Crippen MR) is 43.1 cm³/mol. The molecular weight excluding hydrogens is 158 g/mol. The van der Waals surface area contributed by atoms with Gasteiger partial charge in [0.15, 0.2) is 0 Å². The standard InChI is InChI=1S/C7H13N3O2/c8-6(11)5-1-3-10(4-2-5)7(9)12/h5H,1-4H2,(H2,8,11)(H2,9,12). The third kappa shape index (κ3) is 1.87. The fourth-order valence-electron chi connectivity index (χ4n) is 1.38. The van der Waals surface area contributed by atoms with Crippen molar-refractivity contribution < 1.29 is 9.59 Å². The molecule has 0 aromatic carbocycles. The molecule has 1 saturated heterocycles. The van der Waals surface area contributed by atoms with Crippen molar-refractivity contribution in [2.75, 3.05) is 13.1 Å². The Labute approximate surface area is 70.7 Å². The van der Waals surface area contributed by atoms with E-state index in [4.69, 9.17) is 11.5 Å². The second-order valence-corrected chi connectivity index (χ2v) is 3.00. The van der Waals surface area contributed by atoms with Crippen molar-refractivity contribution in [1.29, 1.82) is 0 Å². The van der Waals surface area contributed by atoms with Gasteiger partial charge in [0.2, 0.25) is 5.91 Å². The Morgan fingerprint density at radius 1 is 1.17 bits per heavy atom. The highest BCUT2D eigenvalue weighted by atomic mass is 16.2.